The summed E-state index contributed by atoms with van der Waals surface area (Å²) < 4.78 is 1.20. The Balaban J connectivity index is 1.47. The van der Waals surface area contributed by atoms with E-state index < -0.39 is 0 Å². The lowest BCUT2D eigenvalue weighted by Gasteiger charge is -2.23. The SMILES string of the molecule is O=C(c1ccc(-c2ccccc2)cc1)N(Cl)c1ccc(C2CCNCC2)cc1. The minimum atomic E-state index is -0.226. The molecule has 1 N–H and O–H groups in total. The summed E-state index contributed by atoms with van der Waals surface area (Å²) in [6.07, 6.45) is 2.30. The van der Waals surface area contributed by atoms with Gasteiger partial charge in [-0.1, -0.05) is 54.6 Å². The first-order chi connectivity index (χ1) is 13.7. The summed E-state index contributed by atoms with van der Waals surface area (Å²) in [7, 11) is 0. The molecule has 0 bridgehead atoms. The van der Waals surface area contributed by atoms with Crippen LogP contribution in [0.4, 0.5) is 5.69 Å². The highest BCUT2D eigenvalue weighted by Gasteiger charge is 2.18. The van der Waals surface area contributed by atoms with E-state index in [-0.39, 0.29) is 5.91 Å². The average Bonchev–Trinajstić information content (AvgIpc) is 2.79. The number of piperidine rings is 1. The zero-order valence-corrected chi connectivity index (χ0v) is 16.4. The molecule has 0 radical (unpaired) electrons. The number of nitrogens with zero attached hydrogens (tertiary/aromatic N) is 1. The van der Waals surface area contributed by atoms with E-state index in [1.54, 1.807) is 0 Å². The van der Waals surface area contributed by atoms with Crippen LogP contribution >= 0.6 is 11.8 Å². The molecule has 3 aromatic carbocycles. The van der Waals surface area contributed by atoms with Gasteiger partial charge in [-0.05, 0) is 72.8 Å². The molecule has 0 unspecified atom stereocenters. The van der Waals surface area contributed by atoms with Crippen LogP contribution in [0.15, 0.2) is 78.9 Å². The molecule has 1 saturated heterocycles. The molecule has 1 fully saturated rings. The maximum atomic E-state index is 12.8. The highest BCUT2D eigenvalue weighted by atomic mass is 35.5. The van der Waals surface area contributed by atoms with Crippen LogP contribution in [0.1, 0.15) is 34.7 Å². The summed E-state index contributed by atoms with van der Waals surface area (Å²) in [6.45, 7) is 2.12. The van der Waals surface area contributed by atoms with Crippen LogP contribution in [0.25, 0.3) is 11.1 Å². The normalized spacial score (nSPS) is 14.6. The van der Waals surface area contributed by atoms with Crippen molar-refractivity contribution >= 4 is 23.4 Å². The number of benzene rings is 3. The van der Waals surface area contributed by atoms with Gasteiger partial charge in [0.2, 0.25) is 0 Å². The van der Waals surface area contributed by atoms with E-state index in [0.29, 0.717) is 17.2 Å². The van der Waals surface area contributed by atoms with E-state index in [2.05, 4.69) is 29.6 Å². The van der Waals surface area contributed by atoms with Crippen molar-refractivity contribution in [2.24, 2.45) is 0 Å². The number of carbonyl (C=O) groups is 1. The Morgan fingerprint density at radius 2 is 1.43 bits per heavy atom. The van der Waals surface area contributed by atoms with Gasteiger partial charge >= 0.3 is 0 Å². The number of rotatable bonds is 4. The molecule has 1 heterocycles. The third-order valence-electron chi connectivity index (χ3n) is 5.35. The molecule has 0 saturated carbocycles. The van der Waals surface area contributed by atoms with Crippen molar-refractivity contribution in [1.82, 2.24) is 5.32 Å². The molecular formula is C24H23ClN2O. The minimum Gasteiger partial charge on any atom is -0.317 e. The maximum absolute atomic E-state index is 12.8. The molecule has 3 nitrogen and oxygen atoms in total. The van der Waals surface area contributed by atoms with E-state index in [1.807, 2.05) is 54.6 Å². The summed E-state index contributed by atoms with van der Waals surface area (Å²) in [4.78, 5) is 12.8. The second-order valence-corrected chi connectivity index (χ2v) is 7.48. The van der Waals surface area contributed by atoms with Gasteiger partial charge in [0.05, 0.1) is 5.69 Å². The fourth-order valence-electron chi connectivity index (χ4n) is 3.70. The van der Waals surface area contributed by atoms with E-state index in [1.165, 1.54) is 9.98 Å². The Hall–Kier alpha value is -2.62. The molecule has 1 aliphatic rings. The summed E-state index contributed by atoms with van der Waals surface area (Å²) in [5.41, 5.74) is 4.77. The number of carbonyl (C=O) groups excluding carboxylic acids is 1. The topological polar surface area (TPSA) is 32.3 Å². The Morgan fingerprint density at radius 3 is 2.07 bits per heavy atom. The van der Waals surface area contributed by atoms with Gasteiger partial charge in [0.25, 0.3) is 5.91 Å². The third kappa shape index (κ3) is 4.11. The van der Waals surface area contributed by atoms with Gasteiger partial charge in [-0.25, -0.2) is 4.42 Å². The molecule has 1 aliphatic heterocycles. The van der Waals surface area contributed by atoms with E-state index in [0.717, 1.165) is 37.1 Å². The summed E-state index contributed by atoms with van der Waals surface area (Å²) in [6, 6.07) is 25.7. The molecule has 3 aromatic rings. The quantitative estimate of drug-likeness (QED) is 0.586. The fourth-order valence-corrected chi connectivity index (χ4v) is 3.91. The van der Waals surface area contributed by atoms with Crippen molar-refractivity contribution in [2.45, 2.75) is 18.8 Å². The highest BCUT2D eigenvalue weighted by molar-refractivity contribution is 6.39. The first-order valence-corrected chi connectivity index (χ1v) is 10.0. The maximum Gasteiger partial charge on any atom is 0.272 e. The number of hydrogen-bond donors (Lipinski definition) is 1. The van der Waals surface area contributed by atoms with Gasteiger partial charge in [0.15, 0.2) is 0 Å². The molecule has 4 rings (SSSR count). The lowest BCUT2D eigenvalue weighted by molar-refractivity contribution is 0.101. The van der Waals surface area contributed by atoms with Crippen molar-refractivity contribution in [3.63, 3.8) is 0 Å². The second kappa shape index (κ2) is 8.59. The predicted molar refractivity (Wildman–Crippen MR) is 116 cm³/mol. The summed E-state index contributed by atoms with van der Waals surface area (Å²) >= 11 is 6.36. The van der Waals surface area contributed by atoms with Crippen LogP contribution in [-0.2, 0) is 0 Å². The number of anilines is 1. The second-order valence-electron chi connectivity index (χ2n) is 7.15. The average molecular weight is 391 g/mol. The lowest BCUT2D eigenvalue weighted by atomic mass is 9.90. The molecule has 1 amide bonds. The molecule has 28 heavy (non-hydrogen) atoms. The summed E-state index contributed by atoms with van der Waals surface area (Å²) in [5.74, 6) is 0.358. The Labute approximate surface area is 171 Å². The Kier molecular flexibility index (Phi) is 5.75. The van der Waals surface area contributed by atoms with Crippen molar-refractivity contribution in [3.8, 4) is 11.1 Å². The molecule has 4 heteroatoms. The van der Waals surface area contributed by atoms with Crippen molar-refractivity contribution in [3.05, 3.63) is 90.0 Å². The van der Waals surface area contributed by atoms with Gasteiger partial charge in [0.1, 0.15) is 0 Å². The number of nitrogens with one attached hydrogen (secondary N) is 1. The minimum absolute atomic E-state index is 0.226. The monoisotopic (exact) mass is 390 g/mol. The van der Waals surface area contributed by atoms with Crippen LogP contribution in [0.2, 0.25) is 0 Å². The van der Waals surface area contributed by atoms with Gasteiger partial charge in [0, 0.05) is 17.3 Å². The van der Waals surface area contributed by atoms with E-state index >= 15 is 0 Å². The first-order valence-electron chi connectivity index (χ1n) is 9.69. The molecule has 142 valence electrons. The van der Waals surface area contributed by atoms with Gasteiger partial charge in [-0.2, -0.15) is 0 Å². The standard InChI is InChI=1S/C24H23ClN2O/c25-27(23-12-10-20(11-13-23)21-14-16-26-17-15-21)24(28)22-8-6-19(7-9-22)18-4-2-1-3-5-18/h1-13,21,26H,14-17H2. The van der Waals surface area contributed by atoms with Crippen LogP contribution in [-0.4, -0.2) is 19.0 Å². The first kappa shape index (κ1) is 18.7. The zero-order chi connectivity index (χ0) is 19.3. The van der Waals surface area contributed by atoms with Crippen LogP contribution in [0.3, 0.4) is 0 Å². The largest absolute Gasteiger partial charge is 0.317 e. The molecule has 0 spiro atoms. The van der Waals surface area contributed by atoms with Crippen LogP contribution in [0, 0.1) is 0 Å². The summed E-state index contributed by atoms with van der Waals surface area (Å²) in [5, 5.41) is 3.39. The zero-order valence-electron chi connectivity index (χ0n) is 15.6. The molecule has 0 aromatic heterocycles. The van der Waals surface area contributed by atoms with Crippen molar-refractivity contribution < 1.29 is 4.79 Å². The molecule has 0 aliphatic carbocycles. The Morgan fingerprint density at radius 1 is 0.821 bits per heavy atom. The predicted octanol–water partition coefficient (Wildman–Crippen LogP) is 5.62. The molecule has 0 atom stereocenters. The van der Waals surface area contributed by atoms with E-state index in [9.17, 15) is 4.79 Å². The van der Waals surface area contributed by atoms with Gasteiger partial charge in [-0.3, -0.25) is 4.79 Å². The third-order valence-corrected chi connectivity index (χ3v) is 5.70. The number of halogens is 1. The van der Waals surface area contributed by atoms with Crippen molar-refractivity contribution in [1.29, 1.82) is 0 Å². The van der Waals surface area contributed by atoms with Crippen molar-refractivity contribution in [2.75, 3.05) is 17.5 Å². The number of amides is 1. The number of hydrogen-bond acceptors (Lipinski definition) is 2. The van der Waals surface area contributed by atoms with Gasteiger partial charge in [-0.15, -0.1) is 0 Å². The van der Waals surface area contributed by atoms with Gasteiger partial charge < -0.3 is 5.32 Å². The lowest BCUT2D eigenvalue weighted by Crippen LogP contribution is -2.26. The smallest absolute Gasteiger partial charge is 0.272 e. The molecular weight excluding hydrogens is 368 g/mol. The van der Waals surface area contributed by atoms with E-state index in [4.69, 9.17) is 11.8 Å². The highest BCUT2D eigenvalue weighted by Crippen LogP contribution is 2.28. The fraction of sp³-hybridized carbons (Fsp3) is 0.208. The van der Waals surface area contributed by atoms with Crippen LogP contribution < -0.4 is 9.74 Å². The van der Waals surface area contributed by atoms with Crippen LogP contribution in [0.5, 0.6) is 0 Å². The Bertz CT molecular complexity index is 917.